The number of ketones is 1. The van der Waals surface area contributed by atoms with Gasteiger partial charge in [0.1, 0.15) is 5.76 Å². The lowest BCUT2D eigenvalue weighted by molar-refractivity contribution is -0.126. The fourth-order valence-electron chi connectivity index (χ4n) is 4.83. The molecule has 0 amide bonds. The van der Waals surface area contributed by atoms with Gasteiger partial charge in [0.2, 0.25) is 0 Å². The third-order valence-corrected chi connectivity index (χ3v) is 6.59. The zero-order valence-corrected chi connectivity index (χ0v) is 14.8. The van der Waals surface area contributed by atoms with Crippen molar-refractivity contribution in [2.24, 2.45) is 16.7 Å². The Kier molecular flexibility index (Phi) is 5.74. The second-order valence-corrected chi connectivity index (χ2v) is 7.92. The molecule has 2 nitrogen and oxygen atoms in total. The zero-order valence-electron chi connectivity index (χ0n) is 14.8. The molecule has 2 heteroatoms. The first-order valence-corrected chi connectivity index (χ1v) is 9.43. The van der Waals surface area contributed by atoms with Crippen LogP contribution in [0.3, 0.4) is 0 Å². The van der Waals surface area contributed by atoms with Gasteiger partial charge in [0.05, 0.1) is 0 Å². The standard InChI is InChI=1S/C20H34O2/c1-4-19(11-7-6-8-12-19)17(21)14-18(22)20(5-2)13-9-10-16(3)15-20/h14,16,22H,4-13,15H2,1-3H3/b18-14-. The van der Waals surface area contributed by atoms with Gasteiger partial charge in [0.25, 0.3) is 0 Å². The van der Waals surface area contributed by atoms with Gasteiger partial charge >= 0.3 is 0 Å². The van der Waals surface area contributed by atoms with E-state index < -0.39 is 0 Å². The molecule has 2 fully saturated rings. The lowest BCUT2D eigenvalue weighted by atomic mass is 9.65. The average molecular weight is 306 g/mol. The van der Waals surface area contributed by atoms with Crippen LogP contribution in [0, 0.1) is 16.7 Å². The predicted octanol–water partition coefficient (Wildman–Crippen LogP) is 5.96. The van der Waals surface area contributed by atoms with Crippen LogP contribution in [-0.4, -0.2) is 10.9 Å². The summed E-state index contributed by atoms with van der Waals surface area (Å²) in [7, 11) is 0. The summed E-state index contributed by atoms with van der Waals surface area (Å²) >= 11 is 0. The number of hydrogen-bond donors (Lipinski definition) is 1. The highest BCUT2D eigenvalue weighted by molar-refractivity contribution is 5.95. The molecule has 2 rings (SSSR count). The van der Waals surface area contributed by atoms with E-state index in [1.165, 1.54) is 19.3 Å². The highest BCUT2D eigenvalue weighted by Gasteiger charge is 2.40. The molecular weight excluding hydrogens is 272 g/mol. The van der Waals surface area contributed by atoms with Crippen molar-refractivity contribution >= 4 is 5.78 Å². The van der Waals surface area contributed by atoms with Crippen LogP contribution in [0.25, 0.3) is 0 Å². The van der Waals surface area contributed by atoms with Gasteiger partial charge in [0, 0.05) is 16.9 Å². The molecule has 0 spiro atoms. The molecule has 2 aliphatic rings. The quantitative estimate of drug-likeness (QED) is 0.502. The Balaban J connectivity index is 2.20. The molecule has 22 heavy (non-hydrogen) atoms. The number of carbonyl (C=O) groups is 1. The van der Waals surface area contributed by atoms with Crippen LogP contribution in [0.2, 0.25) is 0 Å². The molecule has 2 atom stereocenters. The van der Waals surface area contributed by atoms with Crippen molar-refractivity contribution in [3.63, 3.8) is 0 Å². The molecule has 0 saturated heterocycles. The minimum Gasteiger partial charge on any atom is -0.512 e. The first-order valence-electron chi connectivity index (χ1n) is 9.43. The van der Waals surface area contributed by atoms with Crippen LogP contribution in [-0.2, 0) is 4.79 Å². The molecule has 0 aromatic carbocycles. The Morgan fingerprint density at radius 2 is 1.64 bits per heavy atom. The second kappa shape index (κ2) is 7.19. The Bertz CT molecular complexity index is 417. The van der Waals surface area contributed by atoms with Crippen molar-refractivity contribution in [2.75, 3.05) is 0 Å². The van der Waals surface area contributed by atoms with Crippen LogP contribution < -0.4 is 0 Å². The van der Waals surface area contributed by atoms with Crippen molar-refractivity contribution in [3.05, 3.63) is 11.8 Å². The summed E-state index contributed by atoms with van der Waals surface area (Å²) < 4.78 is 0. The van der Waals surface area contributed by atoms with Gasteiger partial charge in [-0.2, -0.15) is 0 Å². The summed E-state index contributed by atoms with van der Waals surface area (Å²) in [6, 6.07) is 0. The Morgan fingerprint density at radius 3 is 2.18 bits per heavy atom. The molecule has 1 N–H and O–H groups in total. The van der Waals surface area contributed by atoms with E-state index in [1.54, 1.807) is 6.08 Å². The summed E-state index contributed by atoms with van der Waals surface area (Å²) in [6.07, 6.45) is 13.5. The van der Waals surface area contributed by atoms with Crippen LogP contribution in [0.5, 0.6) is 0 Å². The minimum absolute atomic E-state index is 0.142. The Hall–Kier alpha value is -0.790. The van der Waals surface area contributed by atoms with E-state index in [0.29, 0.717) is 11.7 Å². The summed E-state index contributed by atoms with van der Waals surface area (Å²) in [5, 5.41) is 10.8. The lowest BCUT2D eigenvalue weighted by Gasteiger charge is -2.40. The van der Waals surface area contributed by atoms with Gasteiger partial charge in [-0.1, -0.05) is 52.9 Å². The van der Waals surface area contributed by atoms with Crippen molar-refractivity contribution < 1.29 is 9.90 Å². The van der Waals surface area contributed by atoms with E-state index in [4.69, 9.17) is 0 Å². The Labute approximate surface area is 136 Å². The molecule has 0 heterocycles. The third kappa shape index (κ3) is 3.41. The van der Waals surface area contributed by atoms with Gasteiger partial charge in [-0.05, 0) is 44.4 Å². The molecule has 0 bridgehead atoms. The van der Waals surface area contributed by atoms with Crippen molar-refractivity contribution in [2.45, 2.75) is 91.4 Å². The van der Waals surface area contributed by atoms with E-state index in [9.17, 15) is 9.90 Å². The highest BCUT2D eigenvalue weighted by atomic mass is 16.3. The molecule has 0 aromatic heterocycles. The number of rotatable bonds is 5. The maximum atomic E-state index is 12.9. The number of hydrogen-bond acceptors (Lipinski definition) is 2. The minimum atomic E-state index is -0.193. The fraction of sp³-hybridized carbons (Fsp3) is 0.850. The molecule has 0 aliphatic heterocycles. The highest BCUT2D eigenvalue weighted by Crippen LogP contribution is 2.47. The van der Waals surface area contributed by atoms with Gasteiger partial charge in [-0.25, -0.2) is 0 Å². The average Bonchev–Trinajstić information content (AvgIpc) is 2.55. The second-order valence-electron chi connectivity index (χ2n) is 7.92. The molecule has 2 unspecified atom stereocenters. The summed E-state index contributed by atoms with van der Waals surface area (Å²) in [5.74, 6) is 1.22. The molecule has 2 aliphatic carbocycles. The van der Waals surface area contributed by atoms with Gasteiger partial charge in [-0.15, -0.1) is 0 Å². The van der Waals surface area contributed by atoms with Crippen LogP contribution in [0.4, 0.5) is 0 Å². The number of aliphatic hydroxyl groups is 1. The Morgan fingerprint density at radius 1 is 1.05 bits per heavy atom. The monoisotopic (exact) mass is 306 g/mol. The zero-order chi connectivity index (χ0) is 16.2. The van der Waals surface area contributed by atoms with Crippen molar-refractivity contribution in [1.82, 2.24) is 0 Å². The summed E-state index contributed by atoms with van der Waals surface area (Å²) in [4.78, 5) is 12.9. The van der Waals surface area contributed by atoms with Crippen LogP contribution >= 0.6 is 0 Å². The normalized spacial score (nSPS) is 32.7. The number of carbonyl (C=O) groups excluding carboxylic acids is 1. The van der Waals surface area contributed by atoms with Crippen molar-refractivity contribution in [3.8, 4) is 0 Å². The largest absolute Gasteiger partial charge is 0.512 e. The third-order valence-electron chi connectivity index (χ3n) is 6.59. The number of allylic oxidation sites excluding steroid dienone is 2. The predicted molar refractivity (Wildman–Crippen MR) is 91.9 cm³/mol. The van der Waals surface area contributed by atoms with Gasteiger partial charge in [0.15, 0.2) is 5.78 Å². The molecule has 0 radical (unpaired) electrons. The number of aliphatic hydroxyl groups excluding tert-OH is 1. The van der Waals surface area contributed by atoms with Crippen LogP contribution in [0.15, 0.2) is 11.8 Å². The summed E-state index contributed by atoms with van der Waals surface area (Å²) in [6.45, 7) is 6.56. The maximum absolute atomic E-state index is 12.9. The smallest absolute Gasteiger partial charge is 0.165 e. The maximum Gasteiger partial charge on any atom is 0.165 e. The first kappa shape index (κ1) is 17.6. The molecular formula is C20H34O2. The SMILES string of the molecule is CCC1(C(=O)/C=C(\O)C2(CC)CCCC(C)C2)CCCCC1. The topological polar surface area (TPSA) is 37.3 Å². The first-order chi connectivity index (χ1) is 10.5. The molecule has 2 saturated carbocycles. The van der Waals surface area contributed by atoms with Crippen molar-refractivity contribution in [1.29, 1.82) is 0 Å². The molecule has 126 valence electrons. The van der Waals surface area contributed by atoms with Crippen LogP contribution in [0.1, 0.15) is 91.4 Å². The van der Waals surface area contributed by atoms with E-state index in [2.05, 4.69) is 20.8 Å². The van der Waals surface area contributed by atoms with E-state index >= 15 is 0 Å². The summed E-state index contributed by atoms with van der Waals surface area (Å²) in [5.41, 5.74) is -0.335. The fourth-order valence-corrected chi connectivity index (χ4v) is 4.83. The van der Waals surface area contributed by atoms with Gasteiger partial charge < -0.3 is 5.11 Å². The van der Waals surface area contributed by atoms with E-state index in [-0.39, 0.29) is 16.6 Å². The van der Waals surface area contributed by atoms with E-state index in [0.717, 1.165) is 51.4 Å². The van der Waals surface area contributed by atoms with Gasteiger partial charge in [-0.3, -0.25) is 4.79 Å². The molecule has 0 aromatic rings. The van der Waals surface area contributed by atoms with E-state index in [1.807, 2.05) is 0 Å². The lowest BCUT2D eigenvalue weighted by Crippen LogP contribution is -2.34.